The van der Waals surface area contributed by atoms with Gasteiger partial charge in [-0.05, 0) is 40.9 Å². The molecule has 0 fully saturated rings. The summed E-state index contributed by atoms with van der Waals surface area (Å²) >= 11 is 1.33. The second-order valence-electron chi connectivity index (χ2n) is 4.81. The maximum atomic E-state index is 12.5. The van der Waals surface area contributed by atoms with Crippen molar-refractivity contribution >= 4 is 28.2 Å². The monoisotopic (exact) mass is 299 g/mol. The van der Waals surface area contributed by atoms with Gasteiger partial charge < -0.3 is 20.9 Å². The minimum absolute atomic E-state index is 0.0228. The Morgan fingerprint density at radius 1 is 1.35 bits per heavy atom. The third-order valence-corrected chi connectivity index (χ3v) is 3.89. The van der Waals surface area contributed by atoms with Gasteiger partial charge in [0, 0.05) is 19.6 Å². The van der Waals surface area contributed by atoms with Crippen LogP contribution in [-0.4, -0.2) is 61.0 Å². The Balaban J connectivity index is 2.70. The van der Waals surface area contributed by atoms with Gasteiger partial charge in [-0.25, -0.2) is 4.98 Å². The lowest BCUT2D eigenvalue weighted by molar-refractivity contribution is 0.0765. The van der Waals surface area contributed by atoms with E-state index in [2.05, 4.69) is 15.2 Å². The van der Waals surface area contributed by atoms with Crippen LogP contribution in [0.2, 0.25) is 0 Å². The summed E-state index contributed by atoms with van der Waals surface area (Å²) in [6, 6.07) is 0. The normalized spacial score (nSPS) is 10.8. The van der Waals surface area contributed by atoms with E-state index < -0.39 is 0 Å². The molecule has 20 heavy (non-hydrogen) atoms. The number of carbonyl (C=O) groups excluding carboxylic acids is 1. The highest BCUT2D eigenvalue weighted by Gasteiger charge is 2.20. The molecule has 0 spiro atoms. The van der Waals surface area contributed by atoms with E-state index in [-0.39, 0.29) is 5.91 Å². The fraction of sp³-hybridized carbons (Fsp3) is 0.692. The van der Waals surface area contributed by atoms with E-state index in [1.165, 1.54) is 11.3 Å². The van der Waals surface area contributed by atoms with Gasteiger partial charge in [0.25, 0.3) is 5.91 Å². The van der Waals surface area contributed by atoms with E-state index in [0.29, 0.717) is 22.4 Å². The van der Waals surface area contributed by atoms with Crippen molar-refractivity contribution in [2.24, 2.45) is 0 Å². The summed E-state index contributed by atoms with van der Waals surface area (Å²) in [6.45, 7) is 7.11. The second-order valence-corrected chi connectivity index (χ2v) is 5.80. The highest BCUT2D eigenvalue weighted by atomic mass is 32.1. The summed E-state index contributed by atoms with van der Waals surface area (Å²) in [5, 5.41) is 3.79. The fourth-order valence-corrected chi connectivity index (χ4v) is 2.76. The van der Waals surface area contributed by atoms with Crippen LogP contribution in [-0.2, 0) is 0 Å². The van der Waals surface area contributed by atoms with Gasteiger partial charge in [0.05, 0.1) is 0 Å². The Kier molecular flexibility index (Phi) is 6.74. The van der Waals surface area contributed by atoms with Crippen LogP contribution in [0, 0.1) is 0 Å². The Labute approximate surface area is 125 Å². The molecule has 0 radical (unpaired) electrons. The van der Waals surface area contributed by atoms with Gasteiger partial charge in [-0.3, -0.25) is 4.79 Å². The standard InChI is InChI=1S/C13H25N5OS/c1-5-15-13-16-11(14)10(20-13)12(19)18(6-2)9-7-8-17(3)4/h5-9,14H2,1-4H3,(H,15,16). The summed E-state index contributed by atoms with van der Waals surface area (Å²) in [6.07, 6.45) is 0.950. The largest absolute Gasteiger partial charge is 0.382 e. The van der Waals surface area contributed by atoms with Crippen LogP contribution in [0.1, 0.15) is 29.9 Å². The van der Waals surface area contributed by atoms with E-state index in [1.54, 1.807) is 0 Å². The zero-order valence-corrected chi connectivity index (χ0v) is 13.6. The smallest absolute Gasteiger partial charge is 0.267 e. The molecule has 0 bridgehead atoms. The number of nitrogens with zero attached hydrogens (tertiary/aromatic N) is 3. The van der Waals surface area contributed by atoms with Gasteiger partial charge in [-0.1, -0.05) is 11.3 Å². The van der Waals surface area contributed by atoms with E-state index in [9.17, 15) is 4.79 Å². The summed E-state index contributed by atoms with van der Waals surface area (Å²) in [5.74, 6) is 0.299. The first-order valence-corrected chi connectivity index (χ1v) is 7.75. The third-order valence-electron chi connectivity index (χ3n) is 2.88. The number of hydrogen-bond acceptors (Lipinski definition) is 6. The van der Waals surface area contributed by atoms with E-state index in [0.717, 1.165) is 26.1 Å². The predicted molar refractivity (Wildman–Crippen MR) is 85.4 cm³/mol. The first-order valence-electron chi connectivity index (χ1n) is 6.93. The summed E-state index contributed by atoms with van der Waals surface area (Å²) < 4.78 is 0. The number of anilines is 2. The number of nitrogens with two attached hydrogens (primary N) is 1. The molecule has 1 aromatic heterocycles. The van der Waals surface area contributed by atoms with Crippen molar-refractivity contribution in [2.45, 2.75) is 20.3 Å². The lowest BCUT2D eigenvalue weighted by Gasteiger charge is -2.21. The SMILES string of the molecule is CCNc1nc(N)c(C(=O)N(CC)CCCN(C)C)s1. The second kappa shape index (κ2) is 8.06. The number of amides is 1. The van der Waals surface area contributed by atoms with Crippen LogP contribution >= 0.6 is 11.3 Å². The highest BCUT2D eigenvalue weighted by molar-refractivity contribution is 7.18. The van der Waals surface area contributed by atoms with Crippen LogP contribution in [0.4, 0.5) is 10.9 Å². The fourth-order valence-electron chi connectivity index (χ4n) is 1.84. The highest BCUT2D eigenvalue weighted by Crippen LogP contribution is 2.26. The van der Waals surface area contributed by atoms with Gasteiger partial charge >= 0.3 is 0 Å². The first-order chi connectivity index (χ1) is 9.49. The van der Waals surface area contributed by atoms with Gasteiger partial charge in [-0.15, -0.1) is 0 Å². The number of nitrogens with one attached hydrogen (secondary N) is 1. The zero-order valence-electron chi connectivity index (χ0n) is 12.8. The zero-order chi connectivity index (χ0) is 15.1. The third kappa shape index (κ3) is 4.64. The molecule has 1 heterocycles. The van der Waals surface area contributed by atoms with Gasteiger partial charge in [0.1, 0.15) is 10.7 Å². The van der Waals surface area contributed by atoms with Crippen LogP contribution in [0.5, 0.6) is 0 Å². The van der Waals surface area contributed by atoms with Crippen LogP contribution in [0.3, 0.4) is 0 Å². The van der Waals surface area contributed by atoms with Crippen molar-refractivity contribution in [1.29, 1.82) is 0 Å². The minimum Gasteiger partial charge on any atom is -0.382 e. The topological polar surface area (TPSA) is 74.5 Å². The number of thiazole rings is 1. The molecule has 1 rings (SSSR count). The lowest BCUT2D eigenvalue weighted by atomic mass is 10.3. The van der Waals surface area contributed by atoms with E-state index in [1.807, 2.05) is 32.8 Å². The average Bonchev–Trinajstić information content (AvgIpc) is 2.75. The number of hydrogen-bond donors (Lipinski definition) is 2. The van der Waals surface area contributed by atoms with Crippen molar-refractivity contribution < 1.29 is 4.79 Å². The van der Waals surface area contributed by atoms with Crippen molar-refractivity contribution in [3.63, 3.8) is 0 Å². The molecular formula is C13H25N5OS. The molecule has 1 aromatic rings. The Hall–Kier alpha value is -1.34. The molecule has 1 amide bonds. The Morgan fingerprint density at radius 3 is 2.60 bits per heavy atom. The quantitative estimate of drug-likeness (QED) is 0.762. The molecule has 3 N–H and O–H groups in total. The summed E-state index contributed by atoms with van der Waals surface area (Å²) in [4.78, 5) is 21.1. The molecule has 6 nitrogen and oxygen atoms in total. The van der Waals surface area contributed by atoms with E-state index >= 15 is 0 Å². The van der Waals surface area contributed by atoms with Crippen LogP contribution in [0.15, 0.2) is 0 Å². The summed E-state index contributed by atoms with van der Waals surface area (Å²) in [5.41, 5.74) is 5.85. The molecule has 0 saturated carbocycles. The van der Waals surface area contributed by atoms with Crippen molar-refractivity contribution in [3.8, 4) is 0 Å². The lowest BCUT2D eigenvalue weighted by Crippen LogP contribution is -2.33. The van der Waals surface area contributed by atoms with Crippen molar-refractivity contribution in [1.82, 2.24) is 14.8 Å². The molecule has 114 valence electrons. The van der Waals surface area contributed by atoms with Crippen LogP contribution in [0.25, 0.3) is 0 Å². The summed E-state index contributed by atoms with van der Waals surface area (Å²) in [7, 11) is 4.06. The average molecular weight is 299 g/mol. The van der Waals surface area contributed by atoms with Gasteiger partial charge in [0.2, 0.25) is 0 Å². The molecule has 0 aliphatic heterocycles. The molecule has 0 aromatic carbocycles. The molecule has 0 unspecified atom stereocenters. The minimum atomic E-state index is -0.0228. The van der Waals surface area contributed by atoms with Crippen molar-refractivity contribution in [3.05, 3.63) is 4.88 Å². The van der Waals surface area contributed by atoms with Gasteiger partial charge in [-0.2, -0.15) is 0 Å². The van der Waals surface area contributed by atoms with E-state index in [4.69, 9.17) is 5.73 Å². The molecule has 0 aliphatic rings. The Bertz CT molecular complexity index is 432. The Morgan fingerprint density at radius 2 is 2.05 bits per heavy atom. The van der Waals surface area contributed by atoms with Crippen LogP contribution < -0.4 is 11.1 Å². The van der Waals surface area contributed by atoms with Gasteiger partial charge in [0.15, 0.2) is 5.13 Å². The number of nitrogen functional groups attached to an aromatic ring is 1. The predicted octanol–water partition coefficient (Wildman–Crippen LogP) is 1.57. The maximum absolute atomic E-state index is 12.5. The molecule has 7 heteroatoms. The van der Waals surface area contributed by atoms with Crippen molar-refractivity contribution in [2.75, 3.05) is 51.3 Å². The molecular weight excluding hydrogens is 274 g/mol. The molecule has 0 saturated heterocycles. The first kappa shape index (κ1) is 16.7. The number of carbonyl (C=O) groups is 1. The molecule has 0 aliphatic carbocycles. The number of aromatic nitrogens is 1. The molecule has 0 atom stereocenters. The maximum Gasteiger partial charge on any atom is 0.267 e. The number of rotatable bonds is 8.